The van der Waals surface area contributed by atoms with Gasteiger partial charge in [-0.3, -0.25) is 4.79 Å². The molecular formula is C13H19ClN2OS. The van der Waals surface area contributed by atoms with Gasteiger partial charge in [0.25, 0.3) is 0 Å². The number of hydrogen-bond donors (Lipinski definition) is 2. The van der Waals surface area contributed by atoms with Crippen LogP contribution in [0.25, 0.3) is 0 Å². The van der Waals surface area contributed by atoms with Gasteiger partial charge in [0.1, 0.15) is 0 Å². The van der Waals surface area contributed by atoms with Gasteiger partial charge >= 0.3 is 0 Å². The van der Waals surface area contributed by atoms with E-state index in [1.807, 2.05) is 18.2 Å². The molecule has 0 aliphatic carbocycles. The van der Waals surface area contributed by atoms with E-state index in [2.05, 4.69) is 22.8 Å². The molecule has 2 N–H and O–H groups in total. The Balaban J connectivity index is 0.00000162. The fourth-order valence-corrected chi connectivity index (χ4v) is 2.49. The van der Waals surface area contributed by atoms with E-state index in [0.717, 1.165) is 25.4 Å². The molecule has 3 nitrogen and oxygen atoms in total. The molecule has 18 heavy (non-hydrogen) atoms. The number of halogens is 1. The molecule has 0 aromatic heterocycles. The second-order valence-electron chi connectivity index (χ2n) is 4.24. The van der Waals surface area contributed by atoms with Crippen molar-refractivity contribution in [3.63, 3.8) is 0 Å². The van der Waals surface area contributed by atoms with Crippen LogP contribution in [0, 0.1) is 5.92 Å². The molecule has 1 aromatic rings. The minimum Gasteiger partial charge on any atom is -0.356 e. The normalized spacial score (nSPS) is 14.4. The molecule has 0 atom stereocenters. The van der Waals surface area contributed by atoms with Crippen LogP contribution in [0.15, 0.2) is 35.2 Å². The number of benzene rings is 1. The molecule has 2 rings (SSSR count). The van der Waals surface area contributed by atoms with E-state index in [1.54, 1.807) is 11.8 Å². The van der Waals surface area contributed by atoms with Crippen molar-refractivity contribution in [3.05, 3.63) is 30.3 Å². The van der Waals surface area contributed by atoms with Gasteiger partial charge in [0.2, 0.25) is 5.91 Å². The minimum atomic E-state index is 0. The highest BCUT2D eigenvalue weighted by molar-refractivity contribution is 7.99. The Morgan fingerprint density at radius 2 is 2.06 bits per heavy atom. The fourth-order valence-electron chi connectivity index (χ4n) is 1.62. The van der Waals surface area contributed by atoms with Crippen molar-refractivity contribution in [1.29, 1.82) is 0 Å². The molecule has 0 unspecified atom stereocenters. The zero-order valence-corrected chi connectivity index (χ0v) is 11.9. The van der Waals surface area contributed by atoms with Gasteiger partial charge in [-0.25, -0.2) is 0 Å². The molecule has 0 spiro atoms. The Morgan fingerprint density at radius 1 is 1.33 bits per heavy atom. The van der Waals surface area contributed by atoms with Crippen LogP contribution in [0.4, 0.5) is 0 Å². The maximum Gasteiger partial charge on any atom is 0.220 e. The third kappa shape index (κ3) is 5.29. The lowest BCUT2D eigenvalue weighted by molar-refractivity contribution is -0.120. The number of thioether (sulfide) groups is 1. The van der Waals surface area contributed by atoms with Crippen LogP contribution < -0.4 is 10.6 Å². The van der Waals surface area contributed by atoms with Crippen LogP contribution in [0.3, 0.4) is 0 Å². The van der Waals surface area contributed by atoms with Crippen molar-refractivity contribution < 1.29 is 4.79 Å². The standard InChI is InChI=1S/C13H18N2OS.ClH/c16-13(15-10-11-8-14-9-11)6-7-17-12-4-2-1-3-5-12;/h1-5,11,14H,6-10H2,(H,15,16);1H. The quantitative estimate of drug-likeness (QED) is 0.785. The van der Waals surface area contributed by atoms with Crippen molar-refractivity contribution in [2.45, 2.75) is 11.3 Å². The Hall–Kier alpha value is -0.710. The van der Waals surface area contributed by atoms with Crippen molar-refractivity contribution in [3.8, 4) is 0 Å². The van der Waals surface area contributed by atoms with Crippen molar-refractivity contribution in [2.24, 2.45) is 5.92 Å². The number of carbonyl (C=O) groups is 1. The molecule has 1 amide bonds. The van der Waals surface area contributed by atoms with Gasteiger partial charge in [-0.1, -0.05) is 18.2 Å². The number of hydrogen-bond acceptors (Lipinski definition) is 3. The summed E-state index contributed by atoms with van der Waals surface area (Å²) in [4.78, 5) is 12.8. The number of rotatable bonds is 6. The average Bonchev–Trinajstić information content (AvgIpc) is 2.28. The summed E-state index contributed by atoms with van der Waals surface area (Å²) in [5, 5.41) is 6.17. The predicted molar refractivity (Wildman–Crippen MR) is 78.4 cm³/mol. The van der Waals surface area contributed by atoms with Gasteiger partial charge in [-0.05, 0) is 12.1 Å². The lowest BCUT2D eigenvalue weighted by Gasteiger charge is -2.27. The number of carbonyl (C=O) groups excluding carboxylic acids is 1. The summed E-state index contributed by atoms with van der Waals surface area (Å²) in [6.45, 7) is 2.90. The molecule has 0 radical (unpaired) electrons. The molecule has 100 valence electrons. The van der Waals surface area contributed by atoms with Crippen LogP contribution in [0.2, 0.25) is 0 Å². The van der Waals surface area contributed by atoms with Crippen LogP contribution in [0.1, 0.15) is 6.42 Å². The highest BCUT2D eigenvalue weighted by Gasteiger charge is 2.16. The summed E-state index contributed by atoms with van der Waals surface area (Å²) in [5.74, 6) is 1.65. The highest BCUT2D eigenvalue weighted by Crippen LogP contribution is 2.17. The average molecular weight is 287 g/mol. The van der Waals surface area contributed by atoms with E-state index in [4.69, 9.17) is 0 Å². The minimum absolute atomic E-state index is 0. The first-order valence-corrected chi connectivity index (χ1v) is 6.98. The zero-order chi connectivity index (χ0) is 11.9. The molecule has 1 aromatic carbocycles. The maximum absolute atomic E-state index is 11.5. The second kappa shape index (κ2) is 8.40. The molecule has 0 bridgehead atoms. The molecule has 5 heteroatoms. The molecule has 1 fully saturated rings. The Bertz CT molecular complexity index is 357. The Kier molecular flexibility index (Phi) is 7.16. The summed E-state index contributed by atoms with van der Waals surface area (Å²) in [7, 11) is 0. The Morgan fingerprint density at radius 3 is 2.67 bits per heavy atom. The number of amides is 1. The molecular weight excluding hydrogens is 268 g/mol. The van der Waals surface area contributed by atoms with Gasteiger partial charge in [0.15, 0.2) is 0 Å². The van der Waals surface area contributed by atoms with Gasteiger partial charge in [-0.2, -0.15) is 0 Å². The first-order valence-electron chi connectivity index (χ1n) is 6.00. The first kappa shape index (κ1) is 15.3. The number of nitrogens with one attached hydrogen (secondary N) is 2. The van der Waals surface area contributed by atoms with Crippen LogP contribution in [-0.4, -0.2) is 31.3 Å². The molecule has 1 saturated heterocycles. The second-order valence-corrected chi connectivity index (χ2v) is 5.41. The van der Waals surface area contributed by atoms with E-state index in [1.165, 1.54) is 4.90 Å². The van der Waals surface area contributed by atoms with Gasteiger partial charge in [-0.15, -0.1) is 24.2 Å². The molecule has 1 heterocycles. The monoisotopic (exact) mass is 286 g/mol. The lowest BCUT2D eigenvalue weighted by Crippen LogP contribution is -2.48. The fraction of sp³-hybridized carbons (Fsp3) is 0.462. The molecule has 1 aliphatic rings. The van der Waals surface area contributed by atoms with Crippen LogP contribution >= 0.6 is 24.2 Å². The van der Waals surface area contributed by atoms with E-state index in [-0.39, 0.29) is 18.3 Å². The lowest BCUT2D eigenvalue weighted by atomic mass is 10.0. The summed E-state index contributed by atoms with van der Waals surface area (Å²) in [6.07, 6.45) is 0.597. The van der Waals surface area contributed by atoms with E-state index >= 15 is 0 Å². The first-order chi connectivity index (χ1) is 8.34. The van der Waals surface area contributed by atoms with Gasteiger partial charge < -0.3 is 10.6 Å². The summed E-state index contributed by atoms with van der Waals surface area (Å²) in [5.41, 5.74) is 0. The summed E-state index contributed by atoms with van der Waals surface area (Å²) >= 11 is 1.73. The van der Waals surface area contributed by atoms with E-state index in [9.17, 15) is 4.79 Å². The summed E-state index contributed by atoms with van der Waals surface area (Å²) in [6, 6.07) is 10.2. The van der Waals surface area contributed by atoms with Crippen LogP contribution in [0.5, 0.6) is 0 Å². The van der Waals surface area contributed by atoms with Gasteiger partial charge in [0, 0.05) is 42.6 Å². The van der Waals surface area contributed by atoms with E-state index in [0.29, 0.717) is 12.3 Å². The van der Waals surface area contributed by atoms with Crippen LogP contribution in [-0.2, 0) is 4.79 Å². The topological polar surface area (TPSA) is 41.1 Å². The molecule has 0 saturated carbocycles. The third-order valence-corrected chi connectivity index (χ3v) is 3.81. The Labute approximate surface area is 119 Å². The van der Waals surface area contributed by atoms with E-state index < -0.39 is 0 Å². The smallest absolute Gasteiger partial charge is 0.220 e. The zero-order valence-electron chi connectivity index (χ0n) is 10.2. The SMILES string of the molecule is Cl.O=C(CCSc1ccccc1)NCC1CNC1. The van der Waals surface area contributed by atoms with Gasteiger partial charge in [0.05, 0.1) is 0 Å². The third-order valence-electron chi connectivity index (χ3n) is 2.79. The predicted octanol–water partition coefficient (Wildman–Crippen LogP) is 1.93. The highest BCUT2D eigenvalue weighted by atomic mass is 35.5. The molecule has 1 aliphatic heterocycles. The van der Waals surface area contributed by atoms with Crippen molar-refractivity contribution in [2.75, 3.05) is 25.4 Å². The van der Waals surface area contributed by atoms with Crippen molar-refractivity contribution in [1.82, 2.24) is 10.6 Å². The maximum atomic E-state index is 11.5. The largest absolute Gasteiger partial charge is 0.356 e. The van der Waals surface area contributed by atoms with Crippen molar-refractivity contribution >= 4 is 30.1 Å². The summed E-state index contributed by atoms with van der Waals surface area (Å²) < 4.78 is 0.